The Hall–Kier alpha value is -0.795. The second-order valence-corrected chi connectivity index (χ2v) is 10.1. The minimum absolute atomic E-state index is 0.105. The van der Waals surface area contributed by atoms with Crippen molar-refractivity contribution in [2.45, 2.75) is 91.3 Å². The average molecular weight is 330 g/mol. The summed E-state index contributed by atoms with van der Waals surface area (Å²) in [4.78, 5) is 0. The van der Waals surface area contributed by atoms with Gasteiger partial charge in [-0.15, -0.1) is 0 Å². The molecule has 1 aromatic carbocycles. The number of rotatable bonds is 4. The van der Waals surface area contributed by atoms with Gasteiger partial charge in [0.25, 0.3) is 0 Å². The zero-order valence-corrected chi connectivity index (χ0v) is 17.3. The largest absolute Gasteiger partial charge is 0.427 e. The van der Waals surface area contributed by atoms with E-state index in [9.17, 15) is 5.11 Å². The van der Waals surface area contributed by atoms with Gasteiger partial charge in [-0.2, -0.15) is 0 Å². The van der Waals surface area contributed by atoms with E-state index in [2.05, 4.69) is 59.7 Å². The van der Waals surface area contributed by atoms with E-state index in [0.29, 0.717) is 7.48 Å². The third kappa shape index (κ3) is 2.65. The summed E-state index contributed by atoms with van der Waals surface area (Å²) in [6.07, 6.45) is 0. The molecule has 0 aromatic heterocycles. The van der Waals surface area contributed by atoms with Crippen molar-refractivity contribution in [2.75, 3.05) is 0 Å². The van der Waals surface area contributed by atoms with E-state index in [1.807, 2.05) is 13.8 Å². The highest BCUT2D eigenvalue weighted by Gasteiger charge is 2.56. The van der Waals surface area contributed by atoms with E-state index < -0.39 is 11.2 Å². The summed E-state index contributed by atoms with van der Waals surface area (Å²) >= 11 is 0. The van der Waals surface area contributed by atoms with Crippen molar-refractivity contribution >= 4 is 12.9 Å². The van der Waals surface area contributed by atoms with E-state index in [0.717, 1.165) is 0 Å². The molecule has 1 N–H and O–H groups in total. The van der Waals surface area contributed by atoms with E-state index >= 15 is 0 Å². The molecule has 134 valence electrons. The Morgan fingerprint density at radius 1 is 0.875 bits per heavy atom. The van der Waals surface area contributed by atoms with Gasteiger partial charge in [0, 0.05) is 0 Å². The SMILES string of the molecule is CC(C)(O)C(C)(C)OBc1ccc2c(c1)C(C)(C)C(C)(C)C2(C)C. The summed E-state index contributed by atoms with van der Waals surface area (Å²) in [6.45, 7) is 21.6. The van der Waals surface area contributed by atoms with Gasteiger partial charge in [-0.3, -0.25) is 0 Å². The summed E-state index contributed by atoms with van der Waals surface area (Å²) in [6, 6.07) is 6.77. The number of fused-ring (bicyclic) bond motifs is 1. The first-order chi connectivity index (χ1) is 10.6. The smallest absolute Gasteiger partial charge is 0.309 e. The van der Waals surface area contributed by atoms with E-state index in [1.54, 1.807) is 13.8 Å². The second-order valence-electron chi connectivity index (χ2n) is 10.1. The van der Waals surface area contributed by atoms with Crippen LogP contribution >= 0.6 is 0 Å². The highest BCUT2D eigenvalue weighted by molar-refractivity contribution is 6.47. The maximum absolute atomic E-state index is 10.3. The van der Waals surface area contributed by atoms with Gasteiger partial charge in [-0.05, 0) is 55.1 Å². The molecule has 0 saturated heterocycles. The van der Waals surface area contributed by atoms with Gasteiger partial charge in [0.05, 0.1) is 11.2 Å². The lowest BCUT2D eigenvalue weighted by Gasteiger charge is -2.44. The summed E-state index contributed by atoms with van der Waals surface area (Å²) < 4.78 is 6.06. The van der Waals surface area contributed by atoms with Crippen LogP contribution < -0.4 is 5.46 Å². The van der Waals surface area contributed by atoms with Crippen molar-refractivity contribution in [1.82, 2.24) is 0 Å². The fraction of sp³-hybridized carbons (Fsp3) is 0.714. The number of hydrogen-bond acceptors (Lipinski definition) is 2. The van der Waals surface area contributed by atoms with Crippen molar-refractivity contribution in [2.24, 2.45) is 5.41 Å². The minimum Gasteiger partial charge on any atom is -0.427 e. The molecular weight excluding hydrogens is 295 g/mol. The normalized spacial score (nSPS) is 21.5. The molecule has 0 aliphatic heterocycles. The Labute approximate surface area is 149 Å². The molecule has 0 saturated carbocycles. The molecule has 1 aliphatic carbocycles. The third-order valence-corrected chi connectivity index (χ3v) is 7.63. The molecule has 0 heterocycles. The molecule has 0 spiro atoms. The van der Waals surface area contributed by atoms with Crippen molar-refractivity contribution in [3.05, 3.63) is 29.3 Å². The predicted octanol–water partition coefficient (Wildman–Crippen LogP) is 3.82. The highest BCUT2D eigenvalue weighted by atomic mass is 16.5. The summed E-state index contributed by atoms with van der Waals surface area (Å²) in [7, 11) is 0.515. The van der Waals surface area contributed by atoms with Crippen molar-refractivity contribution in [3.63, 3.8) is 0 Å². The first-order valence-electron chi connectivity index (χ1n) is 9.06. The molecule has 2 rings (SSSR count). The lowest BCUT2D eigenvalue weighted by Crippen LogP contribution is -2.49. The van der Waals surface area contributed by atoms with Crippen molar-refractivity contribution < 1.29 is 9.76 Å². The summed E-state index contributed by atoms with van der Waals surface area (Å²) in [5.74, 6) is 0. The van der Waals surface area contributed by atoms with Gasteiger partial charge in [0.2, 0.25) is 0 Å². The predicted molar refractivity (Wildman–Crippen MR) is 105 cm³/mol. The van der Waals surface area contributed by atoms with Gasteiger partial charge in [0.1, 0.15) is 0 Å². The molecule has 3 heteroatoms. The molecule has 24 heavy (non-hydrogen) atoms. The lowest BCUT2D eigenvalue weighted by atomic mass is 9.59. The van der Waals surface area contributed by atoms with Crippen LogP contribution in [0.25, 0.3) is 0 Å². The Morgan fingerprint density at radius 3 is 1.88 bits per heavy atom. The van der Waals surface area contributed by atoms with Crippen LogP contribution in [-0.4, -0.2) is 23.8 Å². The van der Waals surface area contributed by atoms with Crippen LogP contribution in [0.2, 0.25) is 0 Å². The molecule has 2 nitrogen and oxygen atoms in total. The first kappa shape index (κ1) is 19.5. The Kier molecular flexibility index (Phi) is 4.35. The monoisotopic (exact) mass is 330 g/mol. The summed E-state index contributed by atoms with van der Waals surface area (Å²) in [5.41, 5.74) is 2.99. The van der Waals surface area contributed by atoms with Crippen LogP contribution in [0.4, 0.5) is 0 Å². The maximum atomic E-state index is 10.3. The molecule has 1 aromatic rings. The van der Waals surface area contributed by atoms with Gasteiger partial charge >= 0.3 is 7.48 Å². The Morgan fingerprint density at radius 2 is 1.38 bits per heavy atom. The lowest BCUT2D eigenvalue weighted by molar-refractivity contribution is -0.0893. The quantitative estimate of drug-likeness (QED) is 0.851. The Bertz CT molecular complexity index is 634. The fourth-order valence-electron chi connectivity index (χ4n) is 3.64. The van der Waals surface area contributed by atoms with Gasteiger partial charge in [-0.25, -0.2) is 0 Å². The molecule has 0 unspecified atom stereocenters. The number of benzene rings is 1. The molecule has 0 atom stereocenters. The summed E-state index contributed by atoms with van der Waals surface area (Å²) in [5, 5.41) is 10.3. The third-order valence-electron chi connectivity index (χ3n) is 7.63. The first-order valence-corrected chi connectivity index (χ1v) is 9.06. The van der Waals surface area contributed by atoms with Crippen molar-refractivity contribution in [1.29, 1.82) is 0 Å². The molecule has 0 bridgehead atoms. The fourth-order valence-corrected chi connectivity index (χ4v) is 3.64. The van der Waals surface area contributed by atoms with Gasteiger partial charge in [0.15, 0.2) is 0 Å². The standard InChI is InChI=1S/C21H35BO2/c1-17(2)15-12-11-14(22-24-21(9,10)20(7,8)23)13-16(15)18(3,4)19(17,5)6/h11-13,22-23H,1-10H3. The van der Waals surface area contributed by atoms with Crippen LogP contribution in [-0.2, 0) is 15.5 Å². The van der Waals surface area contributed by atoms with Crippen molar-refractivity contribution in [3.8, 4) is 0 Å². The number of aliphatic hydroxyl groups is 1. The topological polar surface area (TPSA) is 29.5 Å². The molecule has 0 amide bonds. The zero-order valence-electron chi connectivity index (χ0n) is 17.3. The van der Waals surface area contributed by atoms with Crippen LogP contribution in [0.15, 0.2) is 18.2 Å². The minimum atomic E-state index is -0.882. The van der Waals surface area contributed by atoms with E-state index in [-0.39, 0.29) is 16.2 Å². The maximum Gasteiger partial charge on any atom is 0.309 e. The highest BCUT2D eigenvalue weighted by Crippen LogP contribution is 2.61. The van der Waals surface area contributed by atoms with E-state index in [4.69, 9.17) is 4.65 Å². The van der Waals surface area contributed by atoms with Crippen LogP contribution in [0.1, 0.15) is 80.4 Å². The molecular formula is C21H35BO2. The molecule has 0 fully saturated rings. The van der Waals surface area contributed by atoms with Crippen LogP contribution in [0, 0.1) is 5.41 Å². The molecule has 0 radical (unpaired) electrons. The Balaban J connectivity index is 2.35. The molecule has 1 aliphatic rings. The van der Waals surface area contributed by atoms with Crippen LogP contribution in [0.5, 0.6) is 0 Å². The number of hydrogen-bond donors (Lipinski definition) is 1. The van der Waals surface area contributed by atoms with E-state index in [1.165, 1.54) is 16.6 Å². The average Bonchev–Trinajstić information content (AvgIpc) is 2.52. The second kappa shape index (κ2) is 5.35. The zero-order chi connectivity index (χ0) is 18.8. The van der Waals surface area contributed by atoms with Crippen LogP contribution in [0.3, 0.4) is 0 Å². The van der Waals surface area contributed by atoms with Gasteiger partial charge in [-0.1, -0.05) is 65.2 Å². The van der Waals surface area contributed by atoms with Gasteiger partial charge < -0.3 is 9.76 Å².